The van der Waals surface area contributed by atoms with Crippen molar-refractivity contribution in [1.82, 2.24) is 30.0 Å². The zero-order valence-electron chi connectivity index (χ0n) is 10.6. The molecule has 3 heterocycles. The molecule has 22 heavy (non-hydrogen) atoms. The fourth-order valence-corrected chi connectivity index (χ4v) is 3.69. The Morgan fingerprint density at radius 2 is 2.05 bits per heavy atom. The van der Waals surface area contributed by atoms with Gasteiger partial charge in [0.2, 0.25) is 4.96 Å². The summed E-state index contributed by atoms with van der Waals surface area (Å²) in [6.45, 7) is 0. The molecule has 1 aromatic carbocycles. The van der Waals surface area contributed by atoms with Crippen molar-refractivity contribution in [3.63, 3.8) is 0 Å². The molecule has 0 saturated carbocycles. The first-order valence-electron chi connectivity index (χ1n) is 6.00. The molecule has 10 heteroatoms. The smallest absolute Gasteiger partial charge is 0.235 e. The second kappa shape index (κ2) is 5.21. The van der Waals surface area contributed by atoms with Crippen LogP contribution in [0.4, 0.5) is 4.39 Å². The highest BCUT2D eigenvalue weighted by atomic mass is 79.9. The second-order valence-electron chi connectivity index (χ2n) is 4.35. The molecule has 0 saturated heterocycles. The van der Waals surface area contributed by atoms with E-state index in [2.05, 4.69) is 57.4 Å². The topological polar surface area (TPSA) is 71.8 Å². The minimum absolute atomic E-state index is 0.329. The number of rotatable bonds is 2. The number of fused-ring (bicyclic) bond motifs is 1. The van der Waals surface area contributed by atoms with Crippen LogP contribution in [0, 0.1) is 5.82 Å². The fourth-order valence-electron chi connectivity index (χ4n) is 1.95. The van der Waals surface area contributed by atoms with Gasteiger partial charge in [0.15, 0.2) is 10.8 Å². The molecule has 0 spiro atoms. The number of nitrogens with one attached hydrogen (secondary N) is 1. The molecular formula is C12H5Br2FN6S. The molecule has 0 atom stereocenters. The van der Waals surface area contributed by atoms with Gasteiger partial charge >= 0.3 is 0 Å². The first kappa shape index (κ1) is 14.0. The van der Waals surface area contributed by atoms with Crippen LogP contribution < -0.4 is 0 Å². The lowest BCUT2D eigenvalue weighted by molar-refractivity contribution is 0.621. The number of benzene rings is 1. The molecule has 0 aliphatic heterocycles. The lowest BCUT2D eigenvalue weighted by Gasteiger charge is -1.99. The van der Waals surface area contributed by atoms with Gasteiger partial charge in [-0.2, -0.15) is 14.7 Å². The van der Waals surface area contributed by atoms with Crippen molar-refractivity contribution >= 4 is 48.2 Å². The quantitative estimate of drug-likeness (QED) is 0.509. The summed E-state index contributed by atoms with van der Waals surface area (Å²) in [4.78, 5) is 0.645. The van der Waals surface area contributed by atoms with Crippen LogP contribution in [0.25, 0.3) is 27.1 Å². The molecule has 110 valence electrons. The Labute approximate surface area is 143 Å². The van der Waals surface area contributed by atoms with Crippen molar-refractivity contribution in [2.24, 2.45) is 0 Å². The van der Waals surface area contributed by atoms with Gasteiger partial charge in [-0.15, -0.1) is 10.2 Å². The van der Waals surface area contributed by atoms with Gasteiger partial charge in [0, 0.05) is 5.56 Å². The standard InChI is InChI=1S/C12H5Br2FN6S/c13-6-3-5(1-2-8(6)15)10-18-19-12-21(10)20-11(22-12)9-7(14)4-16-17-9/h1-4H,(H,16,17). The van der Waals surface area contributed by atoms with E-state index in [-0.39, 0.29) is 5.82 Å². The maximum absolute atomic E-state index is 13.4. The number of aromatic amines is 1. The highest BCUT2D eigenvalue weighted by Crippen LogP contribution is 2.31. The Bertz CT molecular complexity index is 991. The van der Waals surface area contributed by atoms with E-state index in [1.165, 1.54) is 17.4 Å². The van der Waals surface area contributed by atoms with Crippen LogP contribution in [-0.2, 0) is 0 Å². The molecular weight excluding hydrogens is 439 g/mol. The summed E-state index contributed by atoms with van der Waals surface area (Å²) < 4.78 is 16.2. The van der Waals surface area contributed by atoms with E-state index in [0.29, 0.717) is 15.3 Å². The van der Waals surface area contributed by atoms with Gasteiger partial charge in [-0.3, -0.25) is 5.10 Å². The summed E-state index contributed by atoms with van der Waals surface area (Å²) >= 11 is 7.96. The average Bonchev–Trinajstić information content (AvgIpc) is 3.16. The third-order valence-corrected chi connectivity index (χ3v) is 5.10. The van der Waals surface area contributed by atoms with Gasteiger partial charge in [-0.25, -0.2) is 4.39 Å². The maximum Gasteiger partial charge on any atom is 0.235 e. The number of hydrogen-bond acceptors (Lipinski definition) is 5. The highest BCUT2D eigenvalue weighted by molar-refractivity contribution is 9.10. The van der Waals surface area contributed by atoms with Gasteiger partial charge < -0.3 is 0 Å². The normalized spacial score (nSPS) is 11.4. The molecule has 0 bridgehead atoms. The zero-order chi connectivity index (χ0) is 15.3. The van der Waals surface area contributed by atoms with Gasteiger partial charge in [0.1, 0.15) is 11.5 Å². The van der Waals surface area contributed by atoms with Crippen molar-refractivity contribution in [1.29, 1.82) is 0 Å². The molecule has 0 aliphatic rings. The third kappa shape index (κ3) is 2.18. The van der Waals surface area contributed by atoms with E-state index in [1.807, 2.05) is 0 Å². The molecule has 0 amide bonds. The molecule has 3 aromatic heterocycles. The summed E-state index contributed by atoms with van der Waals surface area (Å²) in [5.74, 6) is 0.221. The van der Waals surface area contributed by atoms with E-state index in [4.69, 9.17) is 0 Å². The molecule has 0 unspecified atom stereocenters. The van der Waals surface area contributed by atoms with Crippen LogP contribution in [0.3, 0.4) is 0 Å². The van der Waals surface area contributed by atoms with Crippen molar-refractivity contribution in [2.75, 3.05) is 0 Å². The molecule has 0 fully saturated rings. The monoisotopic (exact) mass is 442 g/mol. The minimum atomic E-state index is -0.329. The number of hydrogen-bond donors (Lipinski definition) is 1. The first-order chi connectivity index (χ1) is 10.6. The molecule has 6 nitrogen and oxygen atoms in total. The van der Waals surface area contributed by atoms with Crippen LogP contribution in [0.2, 0.25) is 0 Å². The van der Waals surface area contributed by atoms with Crippen molar-refractivity contribution in [2.45, 2.75) is 0 Å². The van der Waals surface area contributed by atoms with Crippen LogP contribution in [0.1, 0.15) is 0 Å². The van der Waals surface area contributed by atoms with Gasteiger partial charge in [-0.1, -0.05) is 11.3 Å². The van der Waals surface area contributed by atoms with Gasteiger partial charge in [-0.05, 0) is 50.1 Å². The highest BCUT2D eigenvalue weighted by Gasteiger charge is 2.17. The number of nitrogens with zero attached hydrogens (tertiary/aromatic N) is 5. The van der Waals surface area contributed by atoms with E-state index in [9.17, 15) is 4.39 Å². The van der Waals surface area contributed by atoms with Crippen LogP contribution in [0.5, 0.6) is 0 Å². The largest absolute Gasteiger partial charge is 0.274 e. The SMILES string of the molecule is Fc1ccc(-c2nnc3sc(-c4[nH]ncc4Br)nn23)cc1Br. The summed E-state index contributed by atoms with van der Waals surface area (Å²) in [7, 11) is 0. The number of aromatic nitrogens is 6. The van der Waals surface area contributed by atoms with E-state index >= 15 is 0 Å². The molecule has 4 aromatic rings. The Kier molecular flexibility index (Phi) is 3.31. The maximum atomic E-state index is 13.4. The summed E-state index contributed by atoms with van der Waals surface area (Å²) in [5.41, 5.74) is 1.50. The molecule has 1 N–H and O–H groups in total. The van der Waals surface area contributed by atoms with Crippen molar-refractivity contribution in [3.8, 4) is 22.1 Å². The summed E-state index contributed by atoms with van der Waals surface area (Å²) in [6, 6.07) is 4.66. The number of H-pyrrole nitrogens is 1. The first-order valence-corrected chi connectivity index (χ1v) is 8.40. The summed E-state index contributed by atoms with van der Waals surface area (Å²) in [6.07, 6.45) is 1.66. The lowest BCUT2D eigenvalue weighted by Crippen LogP contribution is -1.92. The lowest BCUT2D eigenvalue weighted by atomic mass is 10.2. The Hall–Kier alpha value is -1.65. The zero-order valence-corrected chi connectivity index (χ0v) is 14.6. The van der Waals surface area contributed by atoms with E-state index in [1.54, 1.807) is 22.8 Å². The van der Waals surface area contributed by atoms with E-state index < -0.39 is 0 Å². The van der Waals surface area contributed by atoms with Crippen molar-refractivity contribution in [3.05, 3.63) is 39.2 Å². The predicted molar refractivity (Wildman–Crippen MR) is 87.0 cm³/mol. The second-order valence-corrected chi connectivity index (χ2v) is 7.01. The minimum Gasteiger partial charge on any atom is -0.274 e. The van der Waals surface area contributed by atoms with Crippen LogP contribution in [-0.4, -0.2) is 30.0 Å². The van der Waals surface area contributed by atoms with Gasteiger partial charge in [0.05, 0.1) is 15.1 Å². The van der Waals surface area contributed by atoms with Crippen LogP contribution >= 0.6 is 43.2 Å². The molecule has 0 radical (unpaired) electrons. The molecule has 4 rings (SSSR count). The Morgan fingerprint density at radius 3 is 2.77 bits per heavy atom. The Morgan fingerprint density at radius 1 is 1.18 bits per heavy atom. The summed E-state index contributed by atoms with van der Waals surface area (Å²) in [5, 5.41) is 20.3. The van der Waals surface area contributed by atoms with Crippen LogP contribution in [0.15, 0.2) is 33.3 Å². The molecule has 0 aliphatic carbocycles. The van der Waals surface area contributed by atoms with E-state index in [0.717, 1.165) is 20.7 Å². The van der Waals surface area contributed by atoms with Crippen molar-refractivity contribution < 1.29 is 4.39 Å². The Balaban J connectivity index is 1.87. The fraction of sp³-hybridized carbons (Fsp3) is 0. The van der Waals surface area contributed by atoms with Gasteiger partial charge in [0.25, 0.3) is 0 Å². The number of halogens is 3. The predicted octanol–water partition coefficient (Wildman–Crippen LogP) is 3.91. The average molecular weight is 444 g/mol. The third-order valence-electron chi connectivity index (χ3n) is 2.98.